The monoisotopic (exact) mass is 477 g/mol. The van der Waals surface area contributed by atoms with Gasteiger partial charge in [-0.1, -0.05) is 12.1 Å². The number of nitrogens with one attached hydrogen (secondary N) is 1. The zero-order valence-electron chi connectivity index (χ0n) is 18.9. The van der Waals surface area contributed by atoms with E-state index in [-0.39, 0.29) is 11.1 Å². The van der Waals surface area contributed by atoms with Crippen LogP contribution in [0.25, 0.3) is 28.2 Å². The minimum absolute atomic E-state index is 0.278. The van der Waals surface area contributed by atoms with Gasteiger partial charge in [0.05, 0.1) is 21.8 Å². The quantitative estimate of drug-likeness (QED) is 0.562. The number of hydrogen-bond donors (Lipinski definition) is 1. The Kier molecular flexibility index (Phi) is 6.05. The van der Waals surface area contributed by atoms with Crippen LogP contribution in [0.4, 0.5) is 14.9 Å². The highest BCUT2D eigenvalue weighted by Gasteiger charge is 2.25. The van der Waals surface area contributed by atoms with Crippen molar-refractivity contribution in [2.75, 3.05) is 32.1 Å². The molecule has 0 bridgehead atoms. The van der Waals surface area contributed by atoms with Gasteiger partial charge in [-0.3, -0.25) is 14.9 Å². The number of piperidine rings is 1. The van der Waals surface area contributed by atoms with Crippen LogP contribution in [0.3, 0.4) is 0 Å². The molecule has 1 aromatic heterocycles. The van der Waals surface area contributed by atoms with Crippen molar-refractivity contribution in [1.29, 1.82) is 0 Å². The number of fused-ring (bicyclic) bond motifs is 1. The normalized spacial score (nSPS) is 19.9. The molecule has 2 aromatic carbocycles. The maximum atomic E-state index is 15.3. The molecule has 5 rings (SSSR count). The van der Waals surface area contributed by atoms with E-state index in [9.17, 15) is 9.59 Å². The SMILES string of the molecule is CN(C)[C@@H]1CCCN(c2ccc(-c3ncnc4ccc(/C=C5\SC(=O)NC5=O)cc34)cc2F)C1. The number of benzene rings is 2. The van der Waals surface area contributed by atoms with E-state index in [4.69, 9.17) is 0 Å². The maximum absolute atomic E-state index is 15.3. The van der Waals surface area contributed by atoms with E-state index in [0.29, 0.717) is 33.4 Å². The number of anilines is 1. The van der Waals surface area contributed by atoms with E-state index in [1.54, 1.807) is 6.08 Å². The van der Waals surface area contributed by atoms with Gasteiger partial charge in [-0.25, -0.2) is 14.4 Å². The summed E-state index contributed by atoms with van der Waals surface area (Å²) in [6.45, 7) is 1.63. The Hall–Kier alpha value is -3.30. The molecule has 0 radical (unpaired) electrons. The lowest BCUT2D eigenvalue weighted by Crippen LogP contribution is -2.45. The number of carbonyl (C=O) groups excluding carboxylic acids is 2. The molecule has 2 aliphatic rings. The van der Waals surface area contributed by atoms with Gasteiger partial charge in [0.15, 0.2) is 0 Å². The Bertz CT molecular complexity index is 1330. The van der Waals surface area contributed by atoms with E-state index in [2.05, 4.69) is 39.2 Å². The third-order valence-electron chi connectivity index (χ3n) is 6.29. The fourth-order valence-corrected chi connectivity index (χ4v) is 5.15. The van der Waals surface area contributed by atoms with Crippen LogP contribution in [-0.4, -0.2) is 59.2 Å². The fraction of sp³-hybridized carbons (Fsp3) is 0.280. The molecule has 0 unspecified atom stereocenters. The van der Waals surface area contributed by atoms with Gasteiger partial charge in [0.1, 0.15) is 12.1 Å². The molecule has 0 aliphatic carbocycles. The third-order valence-corrected chi connectivity index (χ3v) is 7.10. The van der Waals surface area contributed by atoms with E-state index >= 15 is 4.39 Å². The first-order valence-corrected chi connectivity index (χ1v) is 11.9. The van der Waals surface area contributed by atoms with Crippen molar-refractivity contribution in [3.8, 4) is 11.3 Å². The van der Waals surface area contributed by atoms with Crippen LogP contribution >= 0.6 is 11.8 Å². The summed E-state index contributed by atoms with van der Waals surface area (Å²) in [4.78, 5) is 36.8. The number of amides is 2. The summed E-state index contributed by atoms with van der Waals surface area (Å²) in [6.07, 6.45) is 5.26. The lowest BCUT2D eigenvalue weighted by molar-refractivity contribution is -0.115. The molecule has 174 valence electrons. The van der Waals surface area contributed by atoms with Crippen LogP contribution in [0.15, 0.2) is 47.6 Å². The molecule has 34 heavy (non-hydrogen) atoms. The molecule has 2 aliphatic heterocycles. The Balaban J connectivity index is 1.49. The first kappa shape index (κ1) is 22.5. The predicted molar refractivity (Wildman–Crippen MR) is 133 cm³/mol. The van der Waals surface area contributed by atoms with Crippen molar-refractivity contribution in [3.05, 3.63) is 59.0 Å². The smallest absolute Gasteiger partial charge is 0.290 e. The Labute approximate surface area is 201 Å². The van der Waals surface area contributed by atoms with Gasteiger partial charge >= 0.3 is 0 Å². The zero-order valence-corrected chi connectivity index (χ0v) is 19.7. The molecule has 0 saturated carbocycles. The van der Waals surface area contributed by atoms with Crippen molar-refractivity contribution >= 4 is 45.6 Å². The van der Waals surface area contributed by atoms with Crippen molar-refractivity contribution < 1.29 is 14.0 Å². The lowest BCUT2D eigenvalue weighted by atomic mass is 10.0. The van der Waals surface area contributed by atoms with E-state index in [1.807, 2.05) is 30.3 Å². The Morgan fingerprint density at radius 3 is 2.76 bits per heavy atom. The van der Waals surface area contributed by atoms with Gasteiger partial charge < -0.3 is 9.80 Å². The number of halogens is 1. The van der Waals surface area contributed by atoms with E-state index < -0.39 is 5.91 Å². The predicted octanol–water partition coefficient (Wildman–Crippen LogP) is 4.29. The van der Waals surface area contributed by atoms with Gasteiger partial charge in [-0.15, -0.1) is 0 Å². The largest absolute Gasteiger partial charge is 0.368 e. The van der Waals surface area contributed by atoms with Gasteiger partial charge in [-0.05, 0) is 74.6 Å². The second-order valence-electron chi connectivity index (χ2n) is 8.72. The minimum atomic E-state index is -0.411. The molecule has 3 heterocycles. The highest BCUT2D eigenvalue weighted by atomic mass is 32.2. The van der Waals surface area contributed by atoms with Crippen molar-refractivity contribution in [1.82, 2.24) is 20.2 Å². The Morgan fingerprint density at radius 1 is 1.18 bits per heavy atom. The van der Waals surface area contributed by atoms with Crippen LogP contribution in [0.2, 0.25) is 0 Å². The van der Waals surface area contributed by atoms with Gasteiger partial charge in [0, 0.05) is 30.1 Å². The number of hydrogen-bond acceptors (Lipinski definition) is 7. The fourth-order valence-electron chi connectivity index (χ4n) is 4.47. The molecule has 1 atom stereocenters. The Morgan fingerprint density at radius 2 is 2.03 bits per heavy atom. The molecule has 7 nitrogen and oxygen atoms in total. The minimum Gasteiger partial charge on any atom is -0.368 e. The lowest BCUT2D eigenvalue weighted by Gasteiger charge is -2.37. The topological polar surface area (TPSA) is 78.4 Å². The summed E-state index contributed by atoms with van der Waals surface area (Å²) >= 11 is 0.866. The number of carbonyl (C=O) groups is 2. The number of aromatic nitrogens is 2. The average molecular weight is 478 g/mol. The van der Waals surface area contributed by atoms with Gasteiger partial charge in [0.25, 0.3) is 11.1 Å². The summed E-state index contributed by atoms with van der Waals surface area (Å²) in [5.74, 6) is -0.689. The second kappa shape index (κ2) is 9.15. The number of thioether (sulfide) groups is 1. The molecular weight excluding hydrogens is 453 g/mol. The standard InChI is InChI=1S/C25H24FN5O2S/c1-30(2)17-4-3-9-31(13-17)21-8-6-16(12-19(21)26)23-18-10-15(5-7-20(18)27-14-28-23)11-22-24(32)29-25(33)34-22/h5-8,10-12,14,17H,3-4,9,13H2,1-2H3,(H,29,32,33)/b22-11-/t17-/m1/s1. The van der Waals surface area contributed by atoms with Crippen LogP contribution in [0, 0.1) is 5.82 Å². The van der Waals surface area contributed by atoms with Gasteiger partial charge in [0.2, 0.25) is 0 Å². The third kappa shape index (κ3) is 4.41. The maximum Gasteiger partial charge on any atom is 0.290 e. The molecule has 2 amide bonds. The van der Waals surface area contributed by atoms with Crippen LogP contribution < -0.4 is 10.2 Å². The molecule has 9 heteroatoms. The highest BCUT2D eigenvalue weighted by molar-refractivity contribution is 8.18. The van der Waals surface area contributed by atoms with E-state index in [0.717, 1.165) is 48.6 Å². The number of imide groups is 1. The second-order valence-corrected chi connectivity index (χ2v) is 9.74. The first-order valence-electron chi connectivity index (χ1n) is 11.1. The summed E-state index contributed by atoms with van der Waals surface area (Å²) in [5, 5.41) is 2.61. The summed E-state index contributed by atoms with van der Waals surface area (Å²) in [5.41, 5.74) is 3.31. The number of rotatable bonds is 4. The first-order chi connectivity index (χ1) is 16.4. The van der Waals surface area contributed by atoms with Crippen LogP contribution in [-0.2, 0) is 4.79 Å². The molecule has 2 saturated heterocycles. The molecule has 2 fully saturated rings. The molecule has 0 spiro atoms. The van der Waals surface area contributed by atoms with Crippen molar-refractivity contribution in [2.45, 2.75) is 18.9 Å². The van der Waals surface area contributed by atoms with Crippen molar-refractivity contribution in [2.24, 2.45) is 0 Å². The summed E-state index contributed by atoms with van der Waals surface area (Å²) in [6, 6.07) is 11.2. The van der Waals surface area contributed by atoms with Gasteiger partial charge in [-0.2, -0.15) is 0 Å². The number of likely N-dealkylation sites (N-methyl/N-ethyl adjacent to an activating group) is 1. The average Bonchev–Trinajstić information content (AvgIpc) is 3.14. The van der Waals surface area contributed by atoms with Crippen molar-refractivity contribution in [3.63, 3.8) is 0 Å². The molecule has 3 aromatic rings. The summed E-state index contributed by atoms with van der Waals surface area (Å²) < 4.78 is 15.3. The number of nitrogens with zero attached hydrogens (tertiary/aromatic N) is 4. The summed E-state index contributed by atoms with van der Waals surface area (Å²) in [7, 11) is 4.13. The van der Waals surface area contributed by atoms with Crippen LogP contribution in [0.1, 0.15) is 18.4 Å². The zero-order chi connectivity index (χ0) is 23.8. The molecular formula is C25H24FN5O2S. The molecule has 1 N–H and O–H groups in total. The highest BCUT2D eigenvalue weighted by Crippen LogP contribution is 2.32. The van der Waals surface area contributed by atoms with Crippen LogP contribution in [0.5, 0.6) is 0 Å². The van der Waals surface area contributed by atoms with E-state index in [1.165, 1.54) is 12.4 Å².